The zero-order valence-corrected chi connectivity index (χ0v) is 12.9. The Kier molecular flexibility index (Phi) is 3.49. The van der Waals surface area contributed by atoms with Crippen molar-refractivity contribution in [3.8, 4) is 0 Å². The summed E-state index contributed by atoms with van der Waals surface area (Å²) in [7, 11) is 1.68. The van der Waals surface area contributed by atoms with Gasteiger partial charge in [0.05, 0.1) is 36.4 Å². The molecule has 2 aliphatic heterocycles. The fourth-order valence-electron chi connectivity index (χ4n) is 3.96. The highest BCUT2D eigenvalue weighted by Gasteiger charge is 2.71. The number of epoxide rings is 2. The topological polar surface area (TPSA) is 54.5 Å². The van der Waals surface area contributed by atoms with Crippen LogP contribution in [0.4, 0.5) is 0 Å². The smallest absolute Gasteiger partial charge is 0.101 e. The van der Waals surface area contributed by atoms with E-state index in [4.69, 9.17) is 14.2 Å². The highest BCUT2D eigenvalue weighted by Crippen LogP contribution is 2.59. The lowest BCUT2D eigenvalue weighted by molar-refractivity contribution is -0.116. The first kappa shape index (κ1) is 14.5. The maximum Gasteiger partial charge on any atom is 0.101 e. The second-order valence-electron chi connectivity index (χ2n) is 6.94. The van der Waals surface area contributed by atoms with E-state index in [1.807, 2.05) is 0 Å². The van der Waals surface area contributed by atoms with E-state index in [2.05, 4.69) is 26.8 Å². The van der Waals surface area contributed by atoms with Crippen LogP contribution < -0.4 is 0 Å². The van der Waals surface area contributed by atoms with E-state index in [9.17, 15) is 5.11 Å². The molecule has 1 saturated carbocycles. The molecule has 1 N–H and O–H groups in total. The van der Waals surface area contributed by atoms with Gasteiger partial charge in [0, 0.05) is 7.11 Å². The minimum absolute atomic E-state index is 0.117. The van der Waals surface area contributed by atoms with Crippen LogP contribution in [0.1, 0.15) is 40.0 Å². The fourth-order valence-corrected chi connectivity index (χ4v) is 3.96. The van der Waals surface area contributed by atoms with Crippen LogP contribution in [0.3, 0.4) is 0 Å². The molecule has 0 amide bonds. The van der Waals surface area contributed by atoms with Gasteiger partial charge in [0.25, 0.3) is 0 Å². The van der Waals surface area contributed by atoms with E-state index in [-0.39, 0.29) is 29.3 Å². The van der Waals surface area contributed by atoms with E-state index in [0.717, 1.165) is 25.9 Å². The van der Waals surface area contributed by atoms with E-state index >= 15 is 0 Å². The van der Waals surface area contributed by atoms with Gasteiger partial charge < -0.3 is 19.3 Å². The normalized spacial score (nSPS) is 50.0. The lowest BCUT2D eigenvalue weighted by atomic mass is 9.68. The van der Waals surface area contributed by atoms with Gasteiger partial charge in [-0.2, -0.15) is 0 Å². The van der Waals surface area contributed by atoms with Gasteiger partial charge in [0.1, 0.15) is 5.60 Å². The number of ether oxygens (including phenoxy) is 3. The third-order valence-corrected chi connectivity index (χ3v) is 5.26. The van der Waals surface area contributed by atoms with Gasteiger partial charge in [0.2, 0.25) is 0 Å². The summed E-state index contributed by atoms with van der Waals surface area (Å²) >= 11 is 0. The summed E-state index contributed by atoms with van der Waals surface area (Å²) in [4.78, 5) is 0. The number of aliphatic hydroxyl groups is 1. The van der Waals surface area contributed by atoms with E-state index in [1.54, 1.807) is 7.11 Å². The Hall–Kier alpha value is -0.420. The largest absolute Gasteiger partial charge is 0.390 e. The van der Waals surface area contributed by atoms with Gasteiger partial charge in [-0.1, -0.05) is 11.6 Å². The summed E-state index contributed by atoms with van der Waals surface area (Å²) in [6.07, 6.45) is 4.43. The first-order chi connectivity index (χ1) is 9.43. The molecule has 0 aromatic rings. The molecule has 3 aliphatic rings. The third-order valence-electron chi connectivity index (χ3n) is 5.26. The summed E-state index contributed by atoms with van der Waals surface area (Å²) < 4.78 is 17.4. The SMILES string of the molecule is COC1C(O)CC[C@]2(CO2)C1[C@@]1(C)OC1CC=C(C)C. The Morgan fingerprint density at radius 2 is 2.15 bits per heavy atom. The van der Waals surface area contributed by atoms with Crippen LogP contribution in [0.5, 0.6) is 0 Å². The average molecular weight is 282 g/mol. The van der Waals surface area contributed by atoms with Crippen LogP contribution in [0.25, 0.3) is 0 Å². The third kappa shape index (κ3) is 2.23. The summed E-state index contributed by atoms with van der Waals surface area (Å²) in [6, 6.07) is 0. The molecule has 4 heteroatoms. The lowest BCUT2D eigenvalue weighted by Gasteiger charge is -2.41. The molecule has 20 heavy (non-hydrogen) atoms. The minimum Gasteiger partial charge on any atom is -0.390 e. The quantitative estimate of drug-likeness (QED) is 0.633. The van der Waals surface area contributed by atoms with E-state index in [0.29, 0.717) is 0 Å². The van der Waals surface area contributed by atoms with E-state index < -0.39 is 6.10 Å². The standard InChI is InChI=1S/C16H26O4/c1-10(2)5-6-12-15(3,20-12)14-13(18-4)11(17)7-8-16(14)9-19-16/h5,11-14,17H,6-9H2,1-4H3/t11?,12?,13?,14?,15-,16-/m0/s1. The van der Waals surface area contributed by atoms with Gasteiger partial charge in [-0.3, -0.25) is 0 Å². The molecule has 2 saturated heterocycles. The van der Waals surface area contributed by atoms with Crippen LogP contribution >= 0.6 is 0 Å². The first-order valence-electron chi connectivity index (χ1n) is 7.59. The lowest BCUT2D eigenvalue weighted by Crippen LogP contribution is -2.54. The summed E-state index contributed by atoms with van der Waals surface area (Å²) in [5, 5.41) is 10.2. The molecule has 0 aromatic carbocycles. The molecule has 4 unspecified atom stereocenters. The predicted octanol–water partition coefficient (Wildman–Crippen LogP) is 2.06. The Morgan fingerprint density at radius 1 is 1.45 bits per heavy atom. The monoisotopic (exact) mass is 282 g/mol. The molecule has 1 aliphatic carbocycles. The molecule has 6 atom stereocenters. The summed E-state index contributed by atoms with van der Waals surface area (Å²) in [6.45, 7) is 7.13. The van der Waals surface area contributed by atoms with Gasteiger partial charge in [-0.15, -0.1) is 0 Å². The average Bonchev–Trinajstić information content (AvgIpc) is 3.29. The second kappa shape index (κ2) is 4.80. The molecular weight excluding hydrogens is 256 g/mol. The van der Waals surface area contributed by atoms with Gasteiger partial charge in [-0.25, -0.2) is 0 Å². The number of aliphatic hydroxyl groups excluding tert-OH is 1. The summed E-state index contributed by atoms with van der Waals surface area (Å²) in [5.74, 6) is 0.124. The highest BCUT2D eigenvalue weighted by molar-refractivity contribution is 5.20. The highest BCUT2D eigenvalue weighted by atomic mass is 16.6. The van der Waals surface area contributed by atoms with E-state index in [1.165, 1.54) is 5.57 Å². The first-order valence-corrected chi connectivity index (χ1v) is 7.59. The molecule has 4 nitrogen and oxygen atoms in total. The number of rotatable bonds is 4. The summed E-state index contributed by atoms with van der Waals surface area (Å²) in [5.41, 5.74) is 0.964. The van der Waals surface area contributed by atoms with Crippen molar-refractivity contribution in [2.45, 2.75) is 69.5 Å². The van der Waals surface area contributed by atoms with Gasteiger partial charge in [-0.05, 0) is 40.0 Å². The number of allylic oxidation sites excluding steroid dienone is 1. The van der Waals surface area contributed by atoms with Crippen LogP contribution in [0.15, 0.2) is 11.6 Å². The maximum absolute atomic E-state index is 10.2. The zero-order chi connectivity index (χ0) is 14.5. The van der Waals surface area contributed by atoms with Crippen LogP contribution in [-0.2, 0) is 14.2 Å². The number of hydrogen-bond donors (Lipinski definition) is 1. The molecule has 3 rings (SSSR count). The Balaban J connectivity index is 1.78. The number of hydrogen-bond acceptors (Lipinski definition) is 4. The van der Waals surface area contributed by atoms with Crippen LogP contribution in [0, 0.1) is 5.92 Å². The minimum atomic E-state index is -0.412. The van der Waals surface area contributed by atoms with Gasteiger partial charge in [0.15, 0.2) is 0 Å². The van der Waals surface area contributed by atoms with Crippen LogP contribution in [0.2, 0.25) is 0 Å². The predicted molar refractivity (Wildman–Crippen MR) is 75.5 cm³/mol. The molecule has 114 valence electrons. The van der Waals surface area contributed by atoms with Crippen LogP contribution in [-0.4, -0.2) is 48.3 Å². The van der Waals surface area contributed by atoms with Crippen molar-refractivity contribution in [3.05, 3.63) is 11.6 Å². The molecule has 0 bridgehead atoms. The molecule has 0 aromatic heterocycles. The Morgan fingerprint density at radius 3 is 2.70 bits per heavy atom. The zero-order valence-electron chi connectivity index (χ0n) is 12.9. The van der Waals surface area contributed by atoms with Crippen molar-refractivity contribution in [1.29, 1.82) is 0 Å². The molecular formula is C16H26O4. The number of methoxy groups -OCH3 is 1. The van der Waals surface area contributed by atoms with Crippen molar-refractivity contribution >= 4 is 0 Å². The van der Waals surface area contributed by atoms with Crippen molar-refractivity contribution < 1.29 is 19.3 Å². The molecule has 0 radical (unpaired) electrons. The molecule has 3 fully saturated rings. The second-order valence-corrected chi connectivity index (χ2v) is 6.94. The van der Waals surface area contributed by atoms with Crippen molar-refractivity contribution in [2.75, 3.05) is 13.7 Å². The maximum atomic E-state index is 10.2. The van der Waals surface area contributed by atoms with Gasteiger partial charge >= 0.3 is 0 Å². The Labute approximate surface area is 121 Å². The molecule has 2 heterocycles. The van der Waals surface area contributed by atoms with Crippen molar-refractivity contribution in [3.63, 3.8) is 0 Å². The molecule has 1 spiro atoms. The fraction of sp³-hybridized carbons (Fsp3) is 0.875. The Bertz CT molecular complexity index is 411. The van der Waals surface area contributed by atoms with Crippen molar-refractivity contribution in [2.24, 2.45) is 5.92 Å². The van der Waals surface area contributed by atoms with Crippen molar-refractivity contribution in [1.82, 2.24) is 0 Å².